The van der Waals surface area contributed by atoms with Crippen molar-refractivity contribution >= 4 is 121 Å². The molecule has 0 aromatic carbocycles. The topological polar surface area (TPSA) is 0 Å². The first-order chi connectivity index (χ1) is 12.8. The summed E-state index contributed by atoms with van der Waals surface area (Å²) in [4.78, 5) is 0. The van der Waals surface area contributed by atoms with E-state index in [0.29, 0.717) is 0 Å². The van der Waals surface area contributed by atoms with Crippen molar-refractivity contribution < 1.29 is 0 Å². The molecule has 4 atom stereocenters. The average molecular weight is 545 g/mol. The summed E-state index contributed by atoms with van der Waals surface area (Å²) < 4.78 is 0. The van der Waals surface area contributed by atoms with Crippen molar-refractivity contribution in [3.8, 4) is 0 Å². The number of thiol groups is 4. The standard InChI is InChI=1S/C16H32S10/c17-9-21-5-1-13-14(2-6-22-10-18)26-16(4-8-24-12-20)15(25-13)3-7-23-11-19/h13-20H,1-12H2. The highest BCUT2D eigenvalue weighted by Gasteiger charge is 2.37. The number of hydrogen-bond donors (Lipinski definition) is 4. The van der Waals surface area contributed by atoms with E-state index < -0.39 is 0 Å². The van der Waals surface area contributed by atoms with Gasteiger partial charge in [0.25, 0.3) is 0 Å². The van der Waals surface area contributed by atoms with E-state index in [4.69, 9.17) is 0 Å². The molecule has 0 radical (unpaired) electrons. The molecule has 1 rings (SSSR count). The molecule has 1 aliphatic rings. The summed E-state index contributed by atoms with van der Waals surface area (Å²) in [5.74, 6) is 4.98. The van der Waals surface area contributed by atoms with Gasteiger partial charge in [-0.15, -0.1) is 0 Å². The van der Waals surface area contributed by atoms with Gasteiger partial charge in [0.15, 0.2) is 0 Å². The maximum absolute atomic E-state index is 4.37. The minimum Gasteiger partial charge on any atom is -0.168 e. The molecule has 1 heterocycles. The Hall–Kier alpha value is 3.50. The van der Waals surface area contributed by atoms with E-state index in [1.165, 1.54) is 48.7 Å². The molecule has 0 aliphatic carbocycles. The zero-order chi connectivity index (χ0) is 19.0. The molecule has 0 bridgehead atoms. The minimum atomic E-state index is 0.799. The number of rotatable bonds is 16. The SMILES string of the molecule is SCSCCC1SC(CCSCS)C(CCSCS)SC1CCSCS. The van der Waals surface area contributed by atoms with Crippen LogP contribution in [0.25, 0.3) is 0 Å². The first-order valence-electron chi connectivity index (χ1n) is 8.82. The fourth-order valence-electron chi connectivity index (χ4n) is 2.87. The van der Waals surface area contributed by atoms with Gasteiger partial charge >= 0.3 is 0 Å². The fourth-order valence-corrected chi connectivity index (χ4v) is 11.1. The molecule has 4 unspecified atom stereocenters. The Kier molecular flexibility index (Phi) is 20.3. The third-order valence-corrected chi connectivity index (χ3v) is 13.1. The highest BCUT2D eigenvalue weighted by Crippen LogP contribution is 2.47. The second kappa shape index (κ2) is 19.2. The third-order valence-electron chi connectivity index (χ3n) is 4.08. The summed E-state index contributed by atoms with van der Waals surface area (Å²) in [5.41, 5.74) is 0. The summed E-state index contributed by atoms with van der Waals surface area (Å²) in [6.07, 6.45) is 5.31. The van der Waals surface area contributed by atoms with E-state index in [9.17, 15) is 0 Å². The Morgan fingerprint density at radius 1 is 0.462 bits per heavy atom. The molecule has 0 amide bonds. The van der Waals surface area contributed by atoms with Crippen LogP contribution in [0.2, 0.25) is 0 Å². The Bertz CT molecular complexity index is 261. The van der Waals surface area contributed by atoms with E-state index in [1.807, 2.05) is 47.0 Å². The van der Waals surface area contributed by atoms with Crippen LogP contribution in [0.3, 0.4) is 0 Å². The Morgan fingerprint density at radius 3 is 0.885 bits per heavy atom. The van der Waals surface area contributed by atoms with Gasteiger partial charge in [-0.05, 0) is 48.7 Å². The van der Waals surface area contributed by atoms with E-state index in [-0.39, 0.29) is 0 Å². The second-order valence-corrected chi connectivity index (χ2v) is 16.1. The van der Waals surface area contributed by atoms with E-state index >= 15 is 0 Å². The average Bonchev–Trinajstić information content (AvgIpc) is 2.64. The molecule has 0 N–H and O–H groups in total. The van der Waals surface area contributed by atoms with Crippen LogP contribution < -0.4 is 0 Å². The summed E-state index contributed by atoms with van der Waals surface area (Å²) in [5, 5.41) is 6.96. The number of thioether (sulfide) groups is 6. The lowest BCUT2D eigenvalue weighted by Gasteiger charge is -2.41. The van der Waals surface area contributed by atoms with Crippen molar-refractivity contribution in [1.29, 1.82) is 0 Å². The zero-order valence-electron chi connectivity index (χ0n) is 15.0. The largest absolute Gasteiger partial charge is 0.168 e. The molecular weight excluding hydrogens is 513 g/mol. The molecule has 156 valence electrons. The molecule has 0 aromatic heterocycles. The summed E-state index contributed by atoms with van der Waals surface area (Å²) in [7, 11) is 0. The van der Waals surface area contributed by atoms with Crippen molar-refractivity contribution in [1.82, 2.24) is 0 Å². The fraction of sp³-hybridized carbons (Fsp3) is 1.00. The highest BCUT2D eigenvalue weighted by molar-refractivity contribution is 8.11. The molecule has 1 saturated heterocycles. The van der Waals surface area contributed by atoms with Gasteiger partial charge in [0.2, 0.25) is 0 Å². The van der Waals surface area contributed by atoms with Crippen LogP contribution in [-0.2, 0) is 0 Å². The normalized spacial score (nSPS) is 26.3. The van der Waals surface area contributed by atoms with E-state index in [2.05, 4.69) is 74.0 Å². The summed E-state index contributed by atoms with van der Waals surface area (Å²) in [6, 6.07) is 0. The smallest absolute Gasteiger partial charge is 0.0361 e. The Balaban J connectivity index is 2.66. The monoisotopic (exact) mass is 544 g/mol. The van der Waals surface area contributed by atoms with Gasteiger partial charge in [-0.2, -0.15) is 121 Å². The predicted molar refractivity (Wildman–Crippen MR) is 154 cm³/mol. The second-order valence-electron chi connectivity index (χ2n) is 5.73. The van der Waals surface area contributed by atoms with Gasteiger partial charge in [-0.3, -0.25) is 0 Å². The van der Waals surface area contributed by atoms with Crippen molar-refractivity contribution in [3.63, 3.8) is 0 Å². The maximum atomic E-state index is 4.37. The first-order valence-corrected chi connectivity index (χ1v) is 17.9. The minimum absolute atomic E-state index is 0.799. The van der Waals surface area contributed by atoms with Gasteiger partial charge < -0.3 is 0 Å². The van der Waals surface area contributed by atoms with Crippen LogP contribution in [0.5, 0.6) is 0 Å². The van der Waals surface area contributed by atoms with Crippen molar-refractivity contribution in [2.24, 2.45) is 0 Å². The van der Waals surface area contributed by atoms with E-state index in [0.717, 1.165) is 41.3 Å². The molecule has 1 aliphatic heterocycles. The maximum Gasteiger partial charge on any atom is 0.0361 e. The van der Waals surface area contributed by atoms with Crippen LogP contribution in [0, 0.1) is 0 Å². The van der Waals surface area contributed by atoms with Crippen molar-refractivity contribution in [3.05, 3.63) is 0 Å². The van der Waals surface area contributed by atoms with Gasteiger partial charge in [-0.1, -0.05) is 0 Å². The first kappa shape index (κ1) is 27.5. The lowest BCUT2D eigenvalue weighted by Crippen LogP contribution is -2.38. The van der Waals surface area contributed by atoms with Gasteiger partial charge in [0.1, 0.15) is 0 Å². The van der Waals surface area contributed by atoms with Crippen LogP contribution in [-0.4, -0.2) is 64.4 Å². The van der Waals surface area contributed by atoms with Crippen LogP contribution in [0.4, 0.5) is 0 Å². The van der Waals surface area contributed by atoms with Crippen LogP contribution in [0.1, 0.15) is 25.7 Å². The van der Waals surface area contributed by atoms with Crippen molar-refractivity contribution in [2.45, 2.75) is 46.7 Å². The molecule has 26 heavy (non-hydrogen) atoms. The van der Waals surface area contributed by atoms with E-state index in [1.54, 1.807) is 0 Å². The molecule has 0 aromatic rings. The lowest BCUT2D eigenvalue weighted by atomic mass is 10.2. The van der Waals surface area contributed by atoms with Crippen LogP contribution in [0.15, 0.2) is 0 Å². The highest BCUT2D eigenvalue weighted by atomic mass is 32.2. The van der Waals surface area contributed by atoms with Gasteiger partial charge in [-0.25, -0.2) is 0 Å². The molecule has 1 fully saturated rings. The summed E-state index contributed by atoms with van der Waals surface area (Å²) >= 11 is 30.0. The molecule has 0 nitrogen and oxygen atoms in total. The third kappa shape index (κ3) is 12.4. The van der Waals surface area contributed by atoms with Crippen molar-refractivity contribution in [2.75, 3.05) is 43.4 Å². The lowest BCUT2D eigenvalue weighted by molar-refractivity contribution is 0.677. The molecule has 0 spiro atoms. The zero-order valence-corrected chi connectivity index (χ0v) is 23.5. The predicted octanol–water partition coefficient (Wildman–Crippen LogP) is 6.98. The molecule has 0 saturated carbocycles. The van der Waals surface area contributed by atoms with Crippen LogP contribution >= 0.6 is 121 Å². The molecular formula is C16H32S10. The Labute approximate surface area is 209 Å². The number of hydrogen-bond acceptors (Lipinski definition) is 10. The van der Waals surface area contributed by atoms with Gasteiger partial charge in [0, 0.05) is 41.3 Å². The quantitative estimate of drug-likeness (QED) is 0.0933. The Morgan fingerprint density at radius 2 is 0.692 bits per heavy atom. The molecule has 10 heteroatoms. The van der Waals surface area contributed by atoms with Gasteiger partial charge in [0.05, 0.1) is 0 Å². The summed E-state index contributed by atoms with van der Waals surface area (Å²) in [6.45, 7) is 0.